The first kappa shape index (κ1) is 17.9. The van der Waals surface area contributed by atoms with E-state index in [0.29, 0.717) is 10.8 Å². The zero-order valence-electron chi connectivity index (χ0n) is 12.0. The van der Waals surface area contributed by atoms with E-state index in [4.69, 9.17) is 0 Å². The Morgan fingerprint density at radius 1 is 1.38 bits per heavy atom. The van der Waals surface area contributed by atoms with Crippen molar-refractivity contribution in [2.45, 2.75) is 30.4 Å². The van der Waals surface area contributed by atoms with Gasteiger partial charge in [0.2, 0.25) is 10.0 Å². The second-order valence-corrected chi connectivity index (χ2v) is 10.8. The highest BCUT2D eigenvalue weighted by molar-refractivity contribution is 9.13. The number of likely N-dealkylation sites (tertiary alicyclic amines) is 1. The molecular weight excluding hydrogens is 440 g/mol. The van der Waals surface area contributed by atoms with E-state index in [9.17, 15) is 8.42 Å². The molecule has 0 spiro atoms. The summed E-state index contributed by atoms with van der Waals surface area (Å²) < 4.78 is 28.9. The number of sulfonamides is 1. The number of nitrogens with one attached hydrogen (secondary N) is 2. The van der Waals surface area contributed by atoms with Gasteiger partial charge in [0.1, 0.15) is 4.21 Å². The van der Waals surface area contributed by atoms with Gasteiger partial charge in [0, 0.05) is 17.4 Å². The summed E-state index contributed by atoms with van der Waals surface area (Å²) in [5, 5.41) is 0. The minimum absolute atomic E-state index is 0.348. The fourth-order valence-electron chi connectivity index (χ4n) is 2.50. The number of quaternary nitrogens is 1. The Morgan fingerprint density at radius 3 is 2.62 bits per heavy atom. The summed E-state index contributed by atoms with van der Waals surface area (Å²) in [5.41, 5.74) is 0. The van der Waals surface area contributed by atoms with Crippen molar-refractivity contribution in [2.75, 3.05) is 26.2 Å². The molecule has 1 aliphatic rings. The van der Waals surface area contributed by atoms with E-state index in [1.165, 1.54) is 37.3 Å². The second-order valence-electron chi connectivity index (χ2n) is 5.62. The summed E-state index contributed by atoms with van der Waals surface area (Å²) in [4.78, 5) is 1.61. The average Bonchev–Trinajstić information content (AvgIpc) is 2.78. The second kappa shape index (κ2) is 7.88. The van der Waals surface area contributed by atoms with Crippen LogP contribution in [-0.2, 0) is 10.0 Å². The topological polar surface area (TPSA) is 50.6 Å². The molecule has 2 N–H and O–H groups in total. The summed E-state index contributed by atoms with van der Waals surface area (Å²) in [6.07, 6.45) is 3.47. The molecule has 0 radical (unpaired) electrons. The van der Waals surface area contributed by atoms with Gasteiger partial charge in [-0.15, -0.1) is 11.3 Å². The number of rotatable bonds is 6. The van der Waals surface area contributed by atoms with Gasteiger partial charge < -0.3 is 4.90 Å². The molecule has 1 fully saturated rings. The highest BCUT2D eigenvalue weighted by Gasteiger charge is 2.20. The van der Waals surface area contributed by atoms with Crippen molar-refractivity contribution in [3.63, 3.8) is 0 Å². The maximum absolute atomic E-state index is 12.1. The lowest BCUT2D eigenvalue weighted by Gasteiger charge is -2.27. The summed E-state index contributed by atoms with van der Waals surface area (Å²) in [6.45, 7) is 6.31. The fraction of sp³-hybridized carbons (Fsp3) is 0.692. The fourth-order valence-corrected chi connectivity index (χ4v) is 6.43. The smallest absolute Gasteiger partial charge is 0.250 e. The van der Waals surface area contributed by atoms with Crippen molar-refractivity contribution >= 4 is 53.2 Å². The largest absolute Gasteiger partial charge is 0.335 e. The van der Waals surface area contributed by atoms with Crippen molar-refractivity contribution in [1.29, 1.82) is 0 Å². The van der Waals surface area contributed by atoms with Gasteiger partial charge >= 0.3 is 0 Å². The van der Waals surface area contributed by atoms with E-state index < -0.39 is 10.0 Å². The molecule has 1 aromatic rings. The van der Waals surface area contributed by atoms with Crippen LogP contribution in [0.2, 0.25) is 0 Å². The van der Waals surface area contributed by atoms with Crippen molar-refractivity contribution in [3.05, 3.63) is 14.3 Å². The molecule has 2 heterocycles. The number of thiophene rings is 1. The van der Waals surface area contributed by atoms with Gasteiger partial charge in [0.25, 0.3) is 0 Å². The lowest BCUT2D eigenvalue weighted by Crippen LogP contribution is -3.13. The Morgan fingerprint density at radius 2 is 2.05 bits per heavy atom. The predicted molar refractivity (Wildman–Crippen MR) is 93.5 cm³/mol. The van der Waals surface area contributed by atoms with Gasteiger partial charge in [0.15, 0.2) is 0 Å². The van der Waals surface area contributed by atoms with Crippen LogP contribution >= 0.6 is 43.2 Å². The number of hydrogen-bond donors (Lipinski definition) is 2. The molecule has 2 rings (SSSR count). The van der Waals surface area contributed by atoms with Crippen molar-refractivity contribution < 1.29 is 13.3 Å². The summed E-state index contributed by atoms with van der Waals surface area (Å²) in [7, 11) is -3.37. The molecule has 0 bridgehead atoms. The van der Waals surface area contributed by atoms with Crippen LogP contribution in [0.25, 0.3) is 0 Å². The molecule has 0 atom stereocenters. The lowest BCUT2D eigenvalue weighted by atomic mass is 9.99. The Kier molecular flexibility index (Phi) is 6.71. The predicted octanol–water partition coefficient (Wildman–Crippen LogP) is 2.26. The zero-order valence-corrected chi connectivity index (χ0v) is 16.8. The molecule has 0 aromatic carbocycles. The molecular formula is C13H21Br2N2O2S2+. The monoisotopic (exact) mass is 459 g/mol. The number of halogens is 2. The maximum atomic E-state index is 12.1. The van der Waals surface area contributed by atoms with Crippen LogP contribution in [0.15, 0.2) is 18.5 Å². The molecule has 0 saturated carbocycles. The maximum Gasteiger partial charge on any atom is 0.250 e. The summed E-state index contributed by atoms with van der Waals surface area (Å²) >= 11 is 7.86. The molecule has 1 saturated heterocycles. The van der Waals surface area contributed by atoms with Crippen molar-refractivity contribution in [1.82, 2.24) is 4.72 Å². The molecule has 0 aliphatic carbocycles. The van der Waals surface area contributed by atoms with Crippen LogP contribution in [0.3, 0.4) is 0 Å². The van der Waals surface area contributed by atoms with E-state index in [0.717, 1.165) is 27.1 Å². The molecule has 0 unspecified atom stereocenters. The highest BCUT2D eigenvalue weighted by atomic mass is 79.9. The first-order valence-electron chi connectivity index (χ1n) is 7.16. The Balaban J connectivity index is 1.75. The summed E-state index contributed by atoms with van der Waals surface area (Å²) in [5.74, 6) is 0.850. The highest BCUT2D eigenvalue weighted by Crippen LogP contribution is 2.34. The minimum atomic E-state index is -3.37. The third-order valence-electron chi connectivity index (χ3n) is 3.87. The molecule has 4 nitrogen and oxygen atoms in total. The normalized spacial score (nSPS) is 23.4. The first-order chi connectivity index (χ1) is 9.88. The van der Waals surface area contributed by atoms with E-state index in [1.807, 2.05) is 0 Å². The molecule has 21 heavy (non-hydrogen) atoms. The quantitative estimate of drug-likeness (QED) is 0.639. The Labute approximate surface area is 147 Å². The van der Waals surface area contributed by atoms with Gasteiger partial charge in [-0.1, -0.05) is 6.92 Å². The van der Waals surface area contributed by atoms with Gasteiger partial charge in [-0.3, -0.25) is 0 Å². The van der Waals surface area contributed by atoms with Gasteiger partial charge in [-0.05, 0) is 56.7 Å². The van der Waals surface area contributed by atoms with Crippen LogP contribution in [0.4, 0.5) is 0 Å². The first-order valence-corrected chi connectivity index (χ1v) is 11.0. The standard InChI is InChI=1S/C13H20Br2N2O2S2/c1-10-3-7-17(8-4-10)6-2-5-16-21(18,19)12-9-11(14)13(15)20-12/h9-10,16H,2-8H2,1H3/p+1. The van der Waals surface area contributed by atoms with E-state index in [1.54, 1.807) is 11.0 Å². The molecule has 1 aliphatic heterocycles. The molecule has 8 heteroatoms. The Hall–Kier alpha value is 0.530. The van der Waals surface area contributed by atoms with Gasteiger partial charge in [-0.25, -0.2) is 13.1 Å². The van der Waals surface area contributed by atoms with Crippen LogP contribution in [0, 0.1) is 5.92 Å². The van der Waals surface area contributed by atoms with Crippen molar-refractivity contribution in [3.8, 4) is 0 Å². The molecule has 1 aromatic heterocycles. The Bertz CT molecular complexity index is 547. The molecule has 120 valence electrons. The van der Waals surface area contributed by atoms with Gasteiger partial charge in [-0.2, -0.15) is 0 Å². The minimum Gasteiger partial charge on any atom is -0.335 e. The lowest BCUT2D eigenvalue weighted by molar-refractivity contribution is -0.906. The van der Waals surface area contributed by atoms with Crippen LogP contribution in [0.1, 0.15) is 26.2 Å². The SMILES string of the molecule is CC1CC[NH+](CCCNS(=O)(=O)c2cc(Br)c(Br)s2)CC1. The third kappa shape index (κ3) is 5.28. The van der Waals surface area contributed by atoms with Crippen LogP contribution < -0.4 is 9.62 Å². The van der Waals surface area contributed by atoms with E-state index >= 15 is 0 Å². The summed E-state index contributed by atoms with van der Waals surface area (Å²) in [6, 6.07) is 1.63. The van der Waals surface area contributed by atoms with E-state index in [2.05, 4.69) is 43.5 Å². The molecule has 0 amide bonds. The zero-order chi connectivity index (χ0) is 15.5. The third-order valence-corrected chi connectivity index (χ3v) is 9.06. The van der Waals surface area contributed by atoms with Crippen molar-refractivity contribution in [2.24, 2.45) is 5.92 Å². The van der Waals surface area contributed by atoms with Crippen LogP contribution in [-0.4, -0.2) is 34.6 Å². The van der Waals surface area contributed by atoms with Gasteiger partial charge in [0.05, 0.1) is 23.4 Å². The average molecular weight is 461 g/mol. The number of hydrogen-bond acceptors (Lipinski definition) is 3. The number of piperidine rings is 1. The van der Waals surface area contributed by atoms with E-state index in [-0.39, 0.29) is 0 Å². The van der Waals surface area contributed by atoms with Crippen LogP contribution in [0.5, 0.6) is 0 Å².